The first-order valence-corrected chi connectivity index (χ1v) is 9.85. The number of aromatic nitrogens is 2. The van der Waals surface area contributed by atoms with Gasteiger partial charge in [0, 0.05) is 45.5 Å². The summed E-state index contributed by atoms with van der Waals surface area (Å²) in [6.07, 6.45) is 1.60. The van der Waals surface area contributed by atoms with E-state index in [0.717, 1.165) is 5.56 Å². The fourth-order valence-electron chi connectivity index (χ4n) is 3.08. The summed E-state index contributed by atoms with van der Waals surface area (Å²) in [5.41, 5.74) is 1.43. The summed E-state index contributed by atoms with van der Waals surface area (Å²) in [6, 6.07) is 6.52. The average molecular weight is 366 g/mol. The average Bonchev–Trinajstić information content (AvgIpc) is 2.97. The zero-order valence-electron chi connectivity index (χ0n) is 14.5. The zero-order valence-corrected chi connectivity index (χ0v) is 15.3. The van der Waals surface area contributed by atoms with Gasteiger partial charge in [-0.05, 0) is 31.5 Å². The van der Waals surface area contributed by atoms with Gasteiger partial charge in [0.2, 0.25) is 10.0 Å². The Kier molecular flexibility index (Phi) is 5.21. The first-order chi connectivity index (χ1) is 11.9. The van der Waals surface area contributed by atoms with Crippen molar-refractivity contribution in [1.29, 1.82) is 0 Å². The van der Waals surface area contributed by atoms with E-state index in [1.165, 1.54) is 16.4 Å². The van der Waals surface area contributed by atoms with Gasteiger partial charge in [0.25, 0.3) is 0 Å². The summed E-state index contributed by atoms with van der Waals surface area (Å²) >= 11 is 0. The van der Waals surface area contributed by atoms with E-state index in [0.29, 0.717) is 45.0 Å². The number of halogens is 1. The van der Waals surface area contributed by atoms with Crippen LogP contribution in [0, 0.1) is 12.7 Å². The van der Waals surface area contributed by atoms with Crippen molar-refractivity contribution < 1.29 is 12.8 Å². The van der Waals surface area contributed by atoms with Crippen LogP contribution in [0.1, 0.15) is 18.2 Å². The van der Waals surface area contributed by atoms with Gasteiger partial charge in [-0.2, -0.15) is 9.40 Å². The molecule has 1 aliphatic rings. The summed E-state index contributed by atoms with van der Waals surface area (Å²) in [7, 11) is -3.52. The van der Waals surface area contributed by atoms with Crippen LogP contribution in [0.5, 0.6) is 0 Å². The van der Waals surface area contributed by atoms with E-state index >= 15 is 0 Å². The van der Waals surface area contributed by atoms with E-state index in [9.17, 15) is 12.8 Å². The molecule has 0 bridgehead atoms. The lowest BCUT2D eigenvalue weighted by Gasteiger charge is -2.33. The molecule has 0 N–H and O–H groups in total. The normalized spacial score (nSPS) is 17.1. The Morgan fingerprint density at radius 2 is 1.92 bits per heavy atom. The predicted octanol–water partition coefficient (Wildman–Crippen LogP) is 1.86. The quantitative estimate of drug-likeness (QED) is 0.810. The maximum absolute atomic E-state index is 13.3. The molecule has 0 aliphatic carbocycles. The van der Waals surface area contributed by atoms with Gasteiger partial charge in [-0.1, -0.05) is 12.1 Å². The Labute approximate surface area is 147 Å². The van der Waals surface area contributed by atoms with E-state index in [1.807, 2.05) is 13.0 Å². The zero-order chi connectivity index (χ0) is 18.0. The molecule has 0 amide bonds. The highest BCUT2D eigenvalue weighted by Gasteiger charge is 2.31. The summed E-state index contributed by atoms with van der Waals surface area (Å²) in [4.78, 5) is 2.43. The van der Waals surface area contributed by atoms with Crippen LogP contribution in [0.25, 0.3) is 0 Å². The van der Waals surface area contributed by atoms with Gasteiger partial charge in [-0.3, -0.25) is 9.58 Å². The number of hydrogen-bond donors (Lipinski definition) is 0. The molecule has 136 valence electrons. The number of piperazine rings is 1. The molecule has 1 aromatic heterocycles. The molecular weight excluding hydrogens is 343 g/mol. The van der Waals surface area contributed by atoms with E-state index in [-0.39, 0.29) is 10.7 Å². The van der Waals surface area contributed by atoms with E-state index in [2.05, 4.69) is 10.00 Å². The van der Waals surface area contributed by atoms with Crippen molar-refractivity contribution in [2.24, 2.45) is 0 Å². The van der Waals surface area contributed by atoms with Crippen molar-refractivity contribution in [2.75, 3.05) is 26.2 Å². The smallest absolute Gasteiger partial charge is 0.246 e. The minimum Gasteiger partial charge on any atom is -0.296 e. The first-order valence-electron chi connectivity index (χ1n) is 8.41. The molecule has 25 heavy (non-hydrogen) atoms. The van der Waals surface area contributed by atoms with Crippen molar-refractivity contribution in [3.63, 3.8) is 0 Å². The molecule has 0 spiro atoms. The molecule has 1 aliphatic heterocycles. The van der Waals surface area contributed by atoms with Gasteiger partial charge in [0.15, 0.2) is 0 Å². The molecule has 1 aromatic carbocycles. The number of rotatable bonds is 5. The van der Waals surface area contributed by atoms with Crippen LogP contribution in [0.15, 0.2) is 35.4 Å². The monoisotopic (exact) mass is 366 g/mol. The second kappa shape index (κ2) is 7.23. The van der Waals surface area contributed by atoms with Gasteiger partial charge >= 0.3 is 0 Å². The number of hydrogen-bond acceptors (Lipinski definition) is 4. The van der Waals surface area contributed by atoms with Crippen LogP contribution in [-0.2, 0) is 23.1 Å². The molecule has 1 saturated heterocycles. The predicted molar refractivity (Wildman–Crippen MR) is 93.1 cm³/mol. The highest BCUT2D eigenvalue weighted by molar-refractivity contribution is 7.89. The molecular formula is C17H23FN4O2S. The maximum atomic E-state index is 13.3. The fourth-order valence-corrected chi connectivity index (χ4v) is 4.67. The lowest BCUT2D eigenvalue weighted by atomic mass is 10.2. The van der Waals surface area contributed by atoms with E-state index in [4.69, 9.17) is 0 Å². The highest BCUT2D eigenvalue weighted by Crippen LogP contribution is 2.21. The van der Waals surface area contributed by atoms with Crippen LogP contribution >= 0.6 is 0 Å². The van der Waals surface area contributed by atoms with Crippen LogP contribution in [-0.4, -0.2) is 53.6 Å². The summed E-state index contributed by atoms with van der Waals surface area (Å²) < 4.78 is 42.1. The molecule has 6 nitrogen and oxygen atoms in total. The minimum atomic E-state index is -3.52. The molecule has 2 heterocycles. The van der Waals surface area contributed by atoms with Crippen LogP contribution in [0.3, 0.4) is 0 Å². The van der Waals surface area contributed by atoms with Crippen LogP contribution in [0.2, 0.25) is 0 Å². The summed E-state index contributed by atoms with van der Waals surface area (Å²) in [5.74, 6) is -0.248. The Bertz CT molecular complexity index is 842. The maximum Gasteiger partial charge on any atom is 0.246 e. The Morgan fingerprint density at radius 1 is 1.20 bits per heavy atom. The summed E-state index contributed by atoms with van der Waals surface area (Å²) in [6.45, 7) is 7.00. The minimum absolute atomic E-state index is 0.248. The van der Waals surface area contributed by atoms with Crippen molar-refractivity contribution in [1.82, 2.24) is 19.0 Å². The molecule has 0 atom stereocenters. The molecule has 0 unspecified atom stereocenters. The second-order valence-electron chi connectivity index (χ2n) is 6.24. The molecule has 2 aromatic rings. The van der Waals surface area contributed by atoms with E-state index < -0.39 is 10.0 Å². The SMILES string of the molecule is CCn1cc(S(=O)(=O)N2CCN(Cc3cccc(F)c3)CC2)c(C)n1. The Balaban J connectivity index is 1.66. The molecule has 0 radical (unpaired) electrons. The van der Waals surface area contributed by atoms with Gasteiger partial charge in [0.1, 0.15) is 10.7 Å². The number of aryl methyl sites for hydroxylation is 2. The fraction of sp³-hybridized carbons (Fsp3) is 0.471. The highest BCUT2D eigenvalue weighted by atomic mass is 32.2. The van der Waals surface area contributed by atoms with Crippen molar-refractivity contribution >= 4 is 10.0 Å². The van der Waals surface area contributed by atoms with Crippen LogP contribution < -0.4 is 0 Å². The Morgan fingerprint density at radius 3 is 2.52 bits per heavy atom. The van der Waals surface area contributed by atoms with Crippen molar-refractivity contribution in [2.45, 2.75) is 31.8 Å². The third kappa shape index (κ3) is 3.91. The number of benzene rings is 1. The number of nitrogens with zero attached hydrogens (tertiary/aromatic N) is 4. The molecule has 8 heteroatoms. The van der Waals surface area contributed by atoms with Crippen molar-refractivity contribution in [3.05, 3.63) is 47.5 Å². The molecule has 3 rings (SSSR count). The van der Waals surface area contributed by atoms with Gasteiger partial charge in [-0.15, -0.1) is 0 Å². The Hall–Kier alpha value is -1.77. The number of sulfonamides is 1. The van der Waals surface area contributed by atoms with Crippen molar-refractivity contribution in [3.8, 4) is 0 Å². The second-order valence-corrected chi connectivity index (χ2v) is 8.15. The molecule has 1 fully saturated rings. The van der Waals surface area contributed by atoms with Gasteiger partial charge < -0.3 is 0 Å². The lowest BCUT2D eigenvalue weighted by molar-refractivity contribution is 0.181. The van der Waals surface area contributed by atoms with Gasteiger partial charge in [0.05, 0.1) is 5.69 Å². The van der Waals surface area contributed by atoms with Gasteiger partial charge in [-0.25, -0.2) is 12.8 Å². The topological polar surface area (TPSA) is 58.4 Å². The van der Waals surface area contributed by atoms with Crippen LogP contribution in [0.4, 0.5) is 4.39 Å². The third-order valence-corrected chi connectivity index (χ3v) is 6.47. The first kappa shape index (κ1) is 18.0. The largest absolute Gasteiger partial charge is 0.296 e. The molecule has 0 saturated carbocycles. The standard InChI is InChI=1S/C17H23FN4O2S/c1-3-21-13-17(14(2)19-21)25(23,24)22-9-7-20(8-10-22)12-15-5-4-6-16(18)11-15/h4-6,11,13H,3,7-10,12H2,1-2H3. The lowest BCUT2D eigenvalue weighted by Crippen LogP contribution is -2.48. The van der Waals surface area contributed by atoms with E-state index in [1.54, 1.807) is 23.9 Å². The third-order valence-electron chi connectivity index (χ3n) is 4.47. The summed E-state index contributed by atoms with van der Waals surface area (Å²) in [5, 5.41) is 4.23.